The lowest BCUT2D eigenvalue weighted by Gasteiger charge is -2.23. The zero-order valence-electron chi connectivity index (χ0n) is 17.5. The Kier molecular flexibility index (Phi) is 6.39. The fourth-order valence-electron chi connectivity index (χ4n) is 3.62. The fraction of sp³-hybridized carbons (Fsp3) is 0.208. The van der Waals surface area contributed by atoms with Crippen LogP contribution in [0.25, 0.3) is 0 Å². The molecule has 6 nitrogen and oxygen atoms in total. The van der Waals surface area contributed by atoms with Crippen LogP contribution in [0.3, 0.4) is 0 Å². The van der Waals surface area contributed by atoms with Gasteiger partial charge in [-0.25, -0.2) is 8.42 Å². The van der Waals surface area contributed by atoms with Crippen LogP contribution < -0.4 is 9.46 Å². The number of fused-ring (bicyclic) bond motifs is 1. The SMILES string of the molecule is CC[C@H]1Oc2ccc(NS(=O)(=O)c3cccc(Cl)c3)cc2CN(Cc2ccccc2)C1=O. The zero-order chi connectivity index (χ0) is 22.7. The molecule has 1 heterocycles. The summed E-state index contributed by atoms with van der Waals surface area (Å²) in [4.78, 5) is 14.9. The number of rotatable bonds is 6. The number of ether oxygens (including phenoxy) is 1. The van der Waals surface area contributed by atoms with E-state index in [4.69, 9.17) is 16.3 Å². The van der Waals surface area contributed by atoms with Crippen LogP contribution in [0, 0.1) is 0 Å². The molecular formula is C24H23ClN2O4S. The third kappa shape index (κ3) is 4.89. The van der Waals surface area contributed by atoms with Gasteiger partial charge < -0.3 is 9.64 Å². The first-order valence-electron chi connectivity index (χ1n) is 10.3. The molecular weight excluding hydrogens is 448 g/mol. The van der Waals surface area contributed by atoms with Gasteiger partial charge in [0.25, 0.3) is 15.9 Å². The molecule has 3 aromatic rings. The average molecular weight is 471 g/mol. The summed E-state index contributed by atoms with van der Waals surface area (Å²) in [6.07, 6.45) is -0.0545. The minimum Gasteiger partial charge on any atom is -0.480 e. The van der Waals surface area contributed by atoms with Crippen LogP contribution >= 0.6 is 11.6 Å². The number of anilines is 1. The number of nitrogens with one attached hydrogen (secondary N) is 1. The highest BCUT2D eigenvalue weighted by molar-refractivity contribution is 7.92. The molecule has 1 atom stereocenters. The van der Waals surface area contributed by atoms with Gasteiger partial charge in [-0.15, -0.1) is 0 Å². The monoisotopic (exact) mass is 470 g/mol. The number of hydrogen-bond acceptors (Lipinski definition) is 4. The van der Waals surface area contributed by atoms with Crippen molar-refractivity contribution in [1.82, 2.24) is 4.90 Å². The summed E-state index contributed by atoms with van der Waals surface area (Å²) in [5.41, 5.74) is 2.13. The van der Waals surface area contributed by atoms with Crippen molar-refractivity contribution >= 4 is 33.2 Å². The van der Waals surface area contributed by atoms with Gasteiger partial charge in [0.05, 0.1) is 4.90 Å². The van der Waals surface area contributed by atoms with Crippen molar-refractivity contribution in [3.8, 4) is 5.75 Å². The van der Waals surface area contributed by atoms with E-state index in [0.717, 1.165) is 11.1 Å². The van der Waals surface area contributed by atoms with Crippen molar-refractivity contribution in [3.63, 3.8) is 0 Å². The summed E-state index contributed by atoms with van der Waals surface area (Å²) in [6.45, 7) is 2.66. The molecule has 1 aliphatic heterocycles. The van der Waals surface area contributed by atoms with Crippen molar-refractivity contribution in [2.45, 2.75) is 37.4 Å². The van der Waals surface area contributed by atoms with E-state index in [9.17, 15) is 13.2 Å². The topological polar surface area (TPSA) is 75.7 Å². The van der Waals surface area contributed by atoms with Gasteiger partial charge in [0.1, 0.15) is 5.75 Å². The summed E-state index contributed by atoms with van der Waals surface area (Å²) in [5.74, 6) is 0.486. The molecule has 0 aliphatic carbocycles. The maximum absolute atomic E-state index is 13.1. The molecule has 1 aliphatic rings. The summed E-state index contributed by atoms with van der Waals surface area (Å²) >= 11 is 5.94. The molecule has 0 unspecified atom stereocenters. The van der Waals surface area contributed by atoms with Crippen molar-refractivity contribution < 1.29 is 17.9 Å². The molecule has 0 saturated heterocycles. The zero-order valence-corrected chi connectivity index (χ0v) is 19.1. The van der Waals surface area contributed by atoms with Crippen molar-refractivity contribution in [3.05, 3.63) is 88.9 Å². The van der Waals surface area contributed by atoms with Crippen LogP contribution in [-0.2, 0) is 27.9 Å². The van der Waals surface area contributed by atoms with E-state index in [1.54, 1.807) is 35.2 Å². The third-order valence-corrected chi connectivity index (χ3v) is 6.84. The van der Waals surface area contributed by atoms with Crippen LogP contribution in [-0.4, -0.2) is 25.3 Å². The number of carbonyl (C=O) groups is 1. The molecule has 0 bridgehead atoms. The first kappa shape index (κ1) is 22.2. The van der Waals surface area contributed by atoms with Gasteiger partial charge in [0.15, 0.2) is 6.10 Å². The molecule has 8 heteroatoms. The second-order valence-corrected chi connectivity index (χ2v) is 9.70. The van der Waals surface area contributed by atoms with Gasteiger partial charge in [0, 0.05) is 29.4 Å². The third-order valence-electron chi connectivity index (χ3n) is 5.22. The Bertz CT molecular complexity index is 1230. The molecule has 0 saturated carbocycles. The Labute approximate surface area is 192 Å². The Morgan fingerprint density at radius 2 is 1.84 bits per heavy atom. The number of carbonyl (C=O) groups excluding carboxylic acids is 1. The van der Waals surface area contributed by atoms with Crippen LogP contribution in [0.2, 0.25) is 5.02 Å². The first-order valence-corrected chi connectivity index (χ1v) is 12.1. The van der Waals surface area contributed by atoms with E-state index in [2.05, 4.69) is 4.72 Å². The molecule has 4 rings (SSSR count). The molecule has 166 valence electrons. The van der Waals surface area contributed by atoms with E-state index in [0.29, 0.717) is 36.0 Å². The first-order chi connectivity index (χ1) is 15.4. The number of halogens is 1. The van der Waals surface area contributed by atoms with Gasteiger partial charge in [-0.1, -0.05) is 54.9 Å². The highest BCUT2D eigenvalue weighted by atomic mass is 35.5. The normalized spacial score (nSPS) is 16.1. The van der Waals surface area contributed by atoms with Crippen molar-refractivity contribution in [2.75, 3.05) is 4.72 Å². The Balaban J connectivity index is 1.63. The Morgan fingerprint density at radius 3 is 2.56 bits per heavy atom. The molecule has 32 heavy (non-hydrogen) atoms. The molecule has 1 amide bonds. The lowest BCUT2D eigenvalue weighted by atomic mass is 10.1. The molecule has 3 aromatic carbocycles. The number of benzene rings is 3. The molecule has 0 fully saturated rings. The molecule has 1 N–H and O–H groups in total. The maximum Gasteiger partial charge on any atom is 0.264 e. The largest absolute Gasteiger partial charge is 0.480 e. The fourth-order valence-corrected chi connectivity index (χ4v) is 4.97. The number of sulfonamides is 1. The maximum atomic E-state index is 13.1. The van der Waals surface area contributed by atoms with Gasteiger partial charge in [-0.05, 0) is 48.4 Å². The van der Waals surface area contributed by atoms with E-state index in [-0.39, 0.29) is 10.8 Å². The summed E-state index contributed by atoms with van der Waals surface area (Å²) < 4.78 is 34.1. The van der Waals surface area contributed by atoms with Crippen LogP contribution in [0.1, 0.15) is 24.5 Å². The van der Waals surface area contributed by atoms with E-state index >= 15 is 0 Å². The van der Waals surface area contributed by atoms with Gasteiger partial charge in [-0.3, -0.25) is 9.52 Å². The molecule has 0 spiro atoms. The van der Waals surface area contributed by atoms with Crippen molar-refractivity contribution in [2.24, 2.45) is 0 Å². The van der Waals surface area contributed by atoms with Gasteiger partial charge in [-0.2, -0.15) is 0 Å². The summed E-state index contributed by atoms with van der Waals surface area (Å²) in [6, 6.07) is 20.8. The predicted molar refractivity (Wildman–Crippen MR) is 124 cm³/mol. The predicted octanol–water partition coefficient (Wildman–Crippen LogP) is 4.84. The lowest BCUT2D eigenvalue weighted by molar-refractivity contribution is -0.139. The standard InChI is InChI=1S/C24H23ClN2O4S/c1-2-22-24(28)27(15-17-7-4-3-5-8-17)16-18-13-20(11-12-23(18)31-22)26-32(29,30)21-10-6-9-19(25)14-21/h3-14,22,26H,2,15-16H2,1H3/t22-/m1/s1. The van der Waals surface area contributed by atoms with Crippen LogP contribution in [0.15, 0.2) is 77.7 Å². The van der Waals surface area contributed by atoms with Crippen LogP contribution in [0.5, 0.6) is 5.75 Å². The van der Waals surface area contributed by atoms with E-state index in [1.807, 2.05) is 37.3 Å². The number of amides is 1. The highest BCUT2D eigenvalue weighted by Gasteiger charge is 2.30. The Morgan fingerprint density at radius 1 is 1.06 bits per heavy atom. The Hall–Kier alpha value is -3.03. The quantitative estimate of drug-likeness (QED) is 0.559. The second-order valence-electron chi connectivity index (χ2n) is 7.58. The van der Waals surface area contributed by atoms with E-state index in [1.165, 1.54) is 12.1 Å². The van der Waals surface area contributed by atoms with Gasteiger partial charge >= 0.3 is 0 Å². The smallest absolute Gasteiger partial charge is 0.264 e. The highest BCUT2D eigenvalue weighted by Crippen LogP contribution is 2.31. The van der Waals surface area contributed by atoms with Crippen LogP contribution in [0.4, 0.5) is 5.69 Å². The van der Waals surface area contributed by atoms with Gasteiger partial charge in [0.2, 0.25) is 0 Å². The summed E-state index contributed by atoms with van der Waals surface area (Å²) in [5, 5.41) is 0.337. The number of nitrogens with zero attached hydrogens (tertiary/aromatic N) is 1. The second kappa shape index (κ2) is 9.22. The minimum absolute atomic E-state index is 0.0723. The van der Waals surface area contributed by atoms with Crippen molar-refractivity contribution in [1.29, 1.82) is 0 Å². The number of hydrogen-bond donors (Lipinski definition) is 1. The lowest BCUT2D eigenvalue weighted by Crippen LogP contribution is -2.38. The summed E-state index contributed by atoms with van der Waals surface area (Å²) in [7, 11) is -3.82. The molecule has 0 aromatic heterocycles. The minimum atomic E-state index is -3.82. The molecule has 0 radical (unpaired) electrons. The van der Waals surface area contributed by atoms with E-state index < -0.39 is 16.1 Å². The average Bonchev–Trinajstić information content (AvgIpc) is 2.90.